The molecule has 0 aliphatic heterocycles. The predicted molar refractivity (Wildman–Crippen MR) is 80.9 cm³/mol. The molecule has 0 aromatic heterocycles. The average Bonchev–Trinajstić information content (AvgIpc) is 2.51. The van der Waals surface area contributed by atoms with Gasteiger partial charge in [0.15, 0.2) is 0 Å². The second-order valence-corrected chi connectivity index (χ2v) is 5.07. The molecule has 21 heavy (non-hydrogen) atoms. The molecular formula is C17H20FNO2. The van der Waals surface area contributed by atoms with Crippen LogP contribution >= 0.6 is 0 Å². The van der Waals surface area contributed by atoms with E-state index in [1.54, 1.807) is 26.2 Å². The van der Waals surface area contributed by atoms with Crippen molar-refractivity contribution in [3.63, 3.8) is 0 Å². The predicted octanol–water partition coefficient (Wildman–Crippen LogP) is 2.92. The van der Waals surface area contributed by atoms with E-state index in [0.29, 0.717) is 16.9 Å². The summed E-state index contributed by atoms with van der Waals surface area (Å²) in [6.07, 6.45) is -0.790. The summed E-state index contributed by atoms with van der Waals surface area (Å²) in [6, 6.07) is 12.1. The molecule has 0 amide bonds. The van der Waals surface area contributed by atoms with Gasteiger partial charge in [0.1, 0.15) is 11.6 Å². The molecule has 0 fully saturated rings. The van der Waals surface area contributed by atoms with Crippen LogP contribution in [0.4, 0.5) is 4.39 Å². The Balaban J connectivity index is 2.32. The quantitative estimate of drug-likeness (QED) is 0.890. The lowest BCUT2D eigenvalue weighted by atomic mass is 9.88. The molecule has 3 N–H and O–H groups in total. The zero-order valence-electron chi connectivity index (χ0n) is 12.2. The highest BCUT2D eigenvalue weighted by molar-refractivity contribution is 5.34. The summed E-state index contributed by atoms with van der Waals surface area (Å²) >= 11 is 0. The smallest absolute Gasteiger partial charge is 0.126 e. The number of hydrogen-bond acceptors (Lipinski definition) is 3. The molecule has 0 heterocycles. The topological polar surface area (TPSA) is 55.5 Å². The number of benzene rings is 2. The molecule has 4 heteroatoms. The minimum absolute atomic E-state index is 0.273. The standard InChI is InChI=1S/C17H20FNO2/c1-11-8-13(6-7-16(11)18)17(20)15(10-19)12-4-3-5-14(9-12)21-2/h3-9,15,17,20H,10,19H2,1-2H3. The fourth-order valence-corrected chi connectivity index (χ4v) is 2.40. The molecule has 0 radical (unpaired) electrons. The molecule has 2 unspecified atom stereocenters. The Morgan fingerprint density at radius 1 is 1.19 bits per heavy atom. The molecule has 0 saturated carbocycles. The van der Waals surface area contributed by atoms with E-state index in [0.717, 1.165) is 5.56 Å². The molecule has 112 valence electrons. The Morgan fingerprint density at radius 3 is 2.57 bits per heavy atom. The molecule has 2 rings (SSSR count). The SMILES string of the molecule is COc1cccc(C(CN)C(O)c2ccc(F)c(C)c2)c1. The van der Waals surface area contributed by atoms with E-state index in [4.69, 9.17) is 10.5 Å². The Hall–Kier alpha value is -1.91. The Morgan fingerprint density at radius 2 is 1.95 bits per heavy atom. The van der Waals surface area contributed by atoms with Crippen molar-refractivity contribution < 1.29 is 14.2 Å². The number of methoxy groups -OCH3 is 1. The first-order valence-electron chi connectivity index (χ1n) is 6.85. The summed E-state index contributed by atoms with van der Waals surface area (Å²) in [4.78, 5) is 0. The van der Waals surface area contributed by atoms with Crippen LogP contribution < -0.4 is 10.5 Å². The Bertz CT molecular complexity index is 615. The summed E-state index contributed by atoms with van der Waals surface area (Å²) in [6.45, 7) is 1.96. The lowest BCUT2D eigenvalue weighted by molar-refractivity contribution is 0.147. The molecule has 2 aromatic carbocycles. The normalized spacial score (nSPS) is 13.8. The van der Waals surface area contributed by atoms with E-state index in [1.807, 2.05) is 24.3 Å². The van der Waals surface area contributed by atoms with Crippen molar-refractivity contribution in [3.8, 4) is 5.75 Å². The van der Waals surface area contributed by atoms with Crippen molar-refractivity contribution >= 4 is 0 Å². The molecule has 3 nitrogen and oxygen atoms in total. The number of halogens is 1. The van der Waals surface area contributed by atoms with Crippen LogP contribution in [0.15, 0.2) is 42.5 Å². The molecular weight excluding hydrogens is 269 g/mol. The van der Waals surface area contributed by atoms with Gasteiger partial charge in [-0.2, -0.15) is 0 Å². The number of ether oxygens (including phenoxy) is 1. The van der Waals surface area contributed by atoms with E-state index in [-0.39, 0.29) is 18.3 Å². The number of aliphatic hydroxyl groups excluding tert-OH is 1. The zero-order valence-corrected chi connectivity index (χ0v) is 12.2. The van der Waals surface area contributed by atoms with Crippen molar-refractivity contribution in [2.75, 3.05) is 13.7 Å². The summed E-state index contributed by atoms with van der Waals surface area (Å²) in [5, 5.41) is 10.6. The monoisotopic (exact) mass is 289 g/mol. The maximum absolute atomic E-state index is 13.3. The summed E-state index contributed by atoms with van der Waals surface area (Å²) in [7, 11) is 1.59. The third-order valence-electron chi connectivity index (χ3n) is 3.68. The molecule has 2 aromatic rings. The average molecular weight is 289 g/mol. The zero-order chi connectivity index (χ0) is 15.4. The highest BCUT2D eigenvalue weighted by Gasteiger charge is 2.22. The lowest BCUT2D eigenvalue weighted by Crippen LogP contribution is -2.20. The van der Waals surface area contributed by atoms with Crippen LogP contribution in [0.5, 0.6) is 5.75 Å². The molecule has 0 saturated heterocycles. The molecule has 0 bridgehead atoms. The van der Waals surface area contributed by atoms with E-state index >= 15 is 0 Å². The van der Waals surface area contributed by atoms with Crippen LogP contribution in [0, 0.1) is 12.7 Å². The number of aryl methyl sites for hydroxylation is 1. The minimum atomic E-state index is -0.790. The highest BCUT2D eigenvalue weighted by atomic mass is 19.1. The number of aliphatic hydroxyl groups is 1. The second-order valence-electron chi connectivity index (χ2n) is 5.07. The lowest BCUT2D eigenvalue weighted by Gasteiger charge is -2.23. The van der Waals surface area contributed by atoms with Crippen LogP contribution in [0.3, 0.4) is 0 Å². The maximum Gasteiger partial charge on any atom is 0.126 e. The fraction of sp³-hybridized carbons (Fsp3) is 0.294. The van der Waals surface area contributed by atoms with Gasteiger partial charge in [0.2, 0.25) is 0 Å². The fourth-order valence-electron chi connectivity index (χ4n) is 2.40. The Labute approximate surface area is 124 Å². The van der Waals surface area contributed by atoms with Crippen molar-refractivity contribution in [3.05, 3.63) is 65.0 Å². The van der Waals surface area contributed by atoms with Gasteiger partial charge in [-0.15, -0.1) is 0 Å². The van der Waals surface area contributed by atoms with Gasteiger partial charge in [-0.05, 0) is 41.8 Å². The maximum atomic E-state index is 13.3. The largest absolute Gasteiger partial charge is 0.497 e. The van der Waals surface area contributed by atoms with Crippen molar-refractivity contribution in [1.82, 2.24) is 0 Å². The number of nitrogens with two attached hydrogens (primary N) is 1. The summed E-state index contributed by atoms with van der Waals surface area (Å²) in [5.41, 5.74) is 7.89. The second kappa shape index (κ2) is 6.70. The third kappa shape index (κ3) is 3.40. The molecule has 0 aliphatic rings. The van der Waals surface area contributed by atoms with Crippen molar-refractivity contribution in [2.45, 2.75) is 18.9 Å². The van der Waals surface area contributed by atoms with Gasteiger partial charge >= 0.3 is 0 Å². The van der Waals surface area contributed by atoms with Crippen molar-refractivity contribution in [2.24, 2.45) is 5.73 Å². The van der Waals surface area contributed by atoms with E-state index < -0.39 is 6.10 Å². The van der Waals surface area contributed by atoms with Crippen LogP contribution in [0.2, 0.25) is 0 Å². The Kier molecular flexibility index (Phi) is 4.94. The molecule has 2 atom stereocenters. The van der Waals surface area contributed by atoms with Crippen molar-refractivity contribution in [1.29, 1.82) is 0 Å². The first kappa shape index (κ1) is 15.5. The summed E-state index contributed by atoms with van der Waals surface area (Å²) < 4.78 is 18.5. The number of hydrogen-bond donors (Lipinski definition) is 2. The van der Waals surface area contributed by atoms with Gasteiger partial charge in [-0.1, -0.05) is 24.3 Å². The molecule has 0 aliphatic carbocycles. The van der Waals surface area contributed by atoms with Gasteiger partial charge in [-0.3, -0.25) is 0 Å². The van der Waals surface area contributed by atoms with Gasteiger partial charge in [0, 0.05) is 12.5 Å². The first-order valence-corrected chi connectivity index (χ1v) is 6.85. The highest BCUT2D eigenvalue weighted by Crippen LogP contribution is 2.32. The van der Waals surface area contributed by atoms with E-state index in [9.17, 15) is 9.50 Å². The van der Waals surface area contributed by atoms with Crippen LogP contribution in [0.1, 0.15) is 28.7 Å². The van der Waals surface area contributed by atoms with E-state index in [1.165, 1.54) is 6.07 Å². The van der Waals surface area contributed by atoms with Crippen LogP contribution in [-0.2, 0) is 0 Å². The first-order chi connectivity index (χ1) is 10.1. The minimum Gasteiger partial charge on any atom is -0.497 e. The summed E-state index contributed by atoms with van der Waals surface area (Å²) in [5.74, 6) is 0.162. The van der Waals surface area contributed by atoms with Crippen LogP contribution in [-0.4, -0.2) is 18.8 Å². The molecule has 0 spiro atoms. The van der Waals surface area contributed by atoms with Gasteiger partial charge in [0.25, 0.3) is 0 Å². The van der Waals surface area contributed by atoms with Gasteiger partial charge in [0.05, 0.1) is 13.2 Å². The van der Waals surface area contributed by atoms with E-state index in [2.05, 4.69) is 0 Å². The van der Waals surface area contributed by atoms with Gasteiger partial charge < -0.3 is 15.6 Å². The number of rotatable bonds is 5. The third-order valence-corrected chi connectivity index (χ3v) is 3.68. The van der Waals surface area contributed by atoms with Gasteiger partial charge in [-0.25, -0.2) is 4.39 Å². The van der Waals surface area contributed by atoms with Crippen LogP contribution in [0.25, 0.3) is 0 Å².